The third-order valence-electron chi connectivity index (χ3n) is 3.87. The molecule has 6 heteroatoms. The number of carbonyl (C=O) groups is 1. The van der Waals surface area contributed by atoms with Crippen molar-refractivity contribution in [2.45, 2.75) is 26.8 Å². The lowest BCUT2D eigenvalue weighted by Gasteiger charge is -2.08. The molecule has 0 N–H and O–H groups in total. The van der Waals surface area contributed by atoms with Crippen molar-refractivity contribution in [2.75, 3.05) is 6.61 Å². The molecule has 1 amide bonds. The van der Waals surface area contributed by atoms with Crippen molar-refractivity contribution in [1.29, 1.82) is 5.26 Å². The molecular weight excluding hydrogens is 346 g/mol. The Kier molecular flexibility index (Phi) is 5.49. The molecule has 0 radical (unpaired) electrons. The van der Waals surface area contributed by atoms with Crippen LogP contribution in [0.15, 0.2) is 47.5 Å². The molecule has 1 heterocycles. The van der Waals surface area contributed by atoms with Gasteiger partial charge in [0.1, 0.15) is 11.3 Å². The van der Waals surface area contributed by atoms with E-state index in [2.05, 4.69) is 11.9 Å². The van der Waals surface area contributed by atoms with Crippen LogP contribution < -0.4 is 9.54 Å². The van der Waals surface area contributed by atoms with Gasteiger partial charge in [-0.2, -0.15) is 10.3 Å². The van der Waals surface area contributed by atoms with Gasteiger partial charge in [0.05, 0.1) is 22.9 Å². The minimum atomic E-state index is -0.316. The first-order valence-electron chi connectivity index (χ1n) is 8.52. The van der Waals surface area contributed by atoms with Crippen molar-refractivity contribution in [3.8, 4) is 11.8 Å². The maximum atomic E-state index is 12.6. The predicted molar refractivity (Wildman–Crippen MR) is 102 cm³/mol. The summed E-state index contributed by atoms with van der Waals surface area (Å²) in [6.07, 6.45) is 0.921. The van der Waals surface area contributed by atoms with Crippen LogP contribution >= 0.6 is 11.3 Å². The zero-order chi connectivity index (χ0) is 18.5. The van der Waals surface area contributed by atoms with Gasteiger partial charge in [0.2, 0.25) is 0 Å². The highest BCUT2D eigenvalue weighted by Crippen LogP contribution is 2.27. The predicted octanol–water partition coefficient (Wildman–Crippen LogP) is 4.12. The minimum Gasteiger partial charge on any atom is -0.492 e. The Morgan fingerprint density at radius 1 is 1.23 bits per heavy atom. The molecule has 0 spiro atoms. The molecule has 0 bridgehead atoms. The van der Waals surface area contributed by atoms with E-state index in [0.29, 0.717) is 22.5 Å². The number of amides is 1. The Morgan fingerprint density at radius 2 is 2.00 bits per heavy atom. The van der Waals surface area contributed by atoms with Crippen molar-refractivity contribution in [1.82, 2.24) is 4.57 Å². The Labute approximate surface area is 155 Å². The van der Waals surface area contributed by atoms with Crippen LogP contribution in [-0.4, -0.2) is 17.1 Å². The molecule has 3 rings (SSSR count). The normalized spacial score (nSPS) is 11.5. The van der Waals surface area contributed by atoms with E-state index >= 15 is 0 Å². The molecular formula is C20H19N3O2S. The van der Waals surface area contributed by atoms with Crippen LogP contribution in [-0.2, 0) is 6.54 Å². The Bertz CT molecular complexity index is 1040. The van der Waals surface area contributed by atoms with Gasteiger partial charge in [0, 0.05) is 12.1 Å². The summed E-state index contributed by atoms with van der Waals surface area (Å²) in [5, 5.41) is 8.88. The molecule has 0 fully saturated rings. The fraction of sp³-hybridized carbons (Fsp3) is 0.250. The van der Waals surface area contributed by atoms with Gasteiger partial charge in [0.15, 0.2) is 4.80 Å². The van der Waals surface area contributed by atoms with Gasteiger partial charge in [-0.15, -0.1) is 0 Å². The number of aromatic nitrogens is 1. The standard InChI is InChI=1S/C20H19N3O2S/c1-3-12-23-18-16(25-4-2)6-5-7-17(18)26-20(23)22-19(24)15-10-8-14(13-21)9-11-15/h5-11H,3-4,12H2,1-2H3. The molecule has 1 aromatic heterocycles. The zero-order valence-electron chi connectivity index (χ0n) is 14.7. The van der Waals surface area contributed by atoms with Crippen LogP contribution in [0.4, 0.5) is 0 Å². The Morgan fingerprint density at radius 3 is 2.65 bits per heavy atom. The third kappa shape index (κ3) is 3.53. The van der Waals surface area contributed by atoms with Crippen molar-refractivity contribution < 1.29 is 9.53 Å². The van der Waals surface area contributed by atoms with E-state index in [4.69, 9.17) is 10.00 Å². The maximum Gasteiger partial charge on any atom is 0.279 e. The lowest BCUT2D eigenvalue weighted by Crippen LogP contribution is -2.17. The van der Waals surface area contributed by atoms with Gasteiger partial charge in [-0.3, -0.25) is 4.79 Å². The van der Waals surface area contributed by atoms with Crippen LogP contribution in [0, 0.1) is 11.3 Å². The molecule has 0 aliphatic rings. The third-order valence-corrected chi connectivity index (χ3v) is 4.91. The molecule has 0 aliphatic heterocycles. The molecule has 0 saturated carbocycles. The number of benzene rings is 2. The summed E-state index contributed by atoms with van der Waals surface area (Å²) in [4.78, 5) is 17.6. The van der Waals surface area contributed by atoms with Gasteiger partial charge in [-0.1, -0.05) is 24.3 Å². The topological polar surface area (TPSA) is 67.4 Å². The smallest absolute Gasteiger partial charge is 0.279 e. The molecule has 0 saturated heterocycles. The highest BCUT2D eigenvalue weighted by Gasteiger charge is 2.13. The first-order chi connectivity index (χ1) is 12.7. The van der Waals surface area contributed by atoms with Gasteiger partial charge < -0.3 is 9.30 Å². The van der Waals surface area contributed by atoms with Crippen LogP contribution in [0.5, 0.6) is 5.75 Å². The van der Waals surface area contributed by atoms with Crippen molar-refractivity contribution in [2.24, 2.45) is 4.99 Å². The van der Waals surface area contributed by atoms with Crippen LogP contribution in [0.2, 0.25) is 0 Å². The average molecular weight is 365 g/mol. The number of rotatable bonds is 5. The van der Waals surface area contributed by atoms with E-state index in [9.17, 15) is 4.79 Å². The number of ether oxygens (including phenoxy) is 1. The highest BCUT2D eigenvalue weighted by molar-refractivity contribution is 7.16. The second-order valence-corrected chi connectivity index (χ2v) is 6.69. The van der Waals surface area contributed by atoms with Gasteiger partial charge in [-0.05, 0) is 49.7 Å². The number of para-hydroxylation sites is 1. The molecule has 26 heavy (non-hydrogen) atoms. The zero-order valence-corrected chi connectivity index (χ0v) is 15.5. The lowest BCUT2D eigenvalue weighted by molar-refractivity contribution is 0.0998. The number of hydrogen-bond acceptors (Lipinski definition) is 4. The summed E-state index contributed by atoms with van der Waals surface area (Å²) in [5.74, 6) is 0.492. The van der Waals surface area contributed by atoms with E-state index < -0.39 is 0 Å². The van der Waals surface area contributed by atoms with Crippen LogP contribution in [0.1, 0.15) is 36.2 Å². The summed E-state index contributed by atoms with van der Waals surface area (Å²) in [7, 11) is 0. The number of nitrogens with zero attached hydrogens (tertiary/aromatic N) is 3. The average Bonchev–Trinajstić information content (AvgIpc) is 3.00. The Balaban J connectivity index is 2.12. The maximum absolute atomic E-state index is 12.6. The lowest BCUT2D eigenvalue weighted by atomic mass is 10.1. The summed E-state index contributed by atoms with van der Waals surface area (Å²) in [6.45, 7) is 5.38. The monoisotopic (exact) mass is 365 g/mol. The number of fused-ring (bicyclic) bond motifs is 1. The number of carbonyl (C=O) groups excluding carboxylic acids is 1. The number of aryl methyl sites for hydroxylation is 1. The second-order valence-electron chi connectivity index (χ2n) is 5.68. The number of thiazole rings is 1. The van der Waals surface area contributed by atoms with E-state index in [0.717, 1.165) is 28.9 Å². The first-order valence-corrected chi connectivity index (χ1v) is 9.34. The summed E-state index contributed by atoms with van der Waals surface area (Å²) in [5.41, 5.74) is 1.97. The van der Waals surface area contributed by atoms with Crippen molar-refractivity contribution in [3.05, 3.63) is 58.4 Å². The number of nitriles is 1. The fourth-order valence-corrected chi connectivity index (χ4v) is 3.80. The van der Waals surface area contributed by atoms with Crippen molar-refractivity contribution in [3.63, 3.8) is 0 Å². The van der Waals surface area contributed by atoms with Crippen LogP contribution in [0.25, 0.3) is 10.2 Å². The molecule has 2 aromatic carbocycles. The molecule has 5 nitrogen and oxygen atoms in total. The van der Waals surface area contributed by atoms with E-state index in [1.54, 1.807) is 24.3 Å². The van der Waals surface area contributed by atoms with E-state index in [-0.39, 0.29) is 5.91 Å². The highest BCUT2D eigenvalue weighted by atomic mass is 32.1. The molecule has 0 atom stereocenters. The van der Waals surface area contributed by atoms with E-state index in [1.165, 1.54) is 11.3 Å². The van der Waals surface area contributed by atoms with E-state index in [1.807, 2.05) is 35.8 Å². The molecule has 3 aromatic rings. The molecule has 132 valence electrons. The minimum absolute atomic E-state index is 0.316. The largest absolute Gasteiger partial charge is 0.492 e. The summed E-state index contributed by atoms with van der Waals surface area (Å²) in [6, 6.07) is 14.5. The van der Waals surface area contributed by atoms with Gasteiger partial charge in [-0.25, -0.2) is 0 Å². The second kappa shape index (κ2) is 7.98. The number of hydrogen-bond donors (Lipinski definition) is 0. The molecule has 0 unspecified atom stereocenters. The van der Waals surface area contributed by atoms with Crippen LogP contribution in [0.3, 0.4) is 0 Å². The van der Waals surface area contributed by atoms with Gasteiger partial charge in [0.25, 0.3) is 5.91 Å². The summed E-state index contributed by atoms with van der Waals surface area (Å²) < 4.78 is 8.85. The quantitative estimate of drug-likeness (QED) is 0.683. The SMILES string of the molecule is CCCn1c(=NC(=O)c2ccc(C#N)cc2)sc2cccc(OCC)c21. The first kappa shape index (κ1) is 17.9. The fourth-order valence-electron chi connectivity index (χ4n) is 2.72. The summed E-state index contributed by atoms with van der Waals surface area (Å²) >= 11 is 1.48. The molecule has 0 aliphatic carbocycles. The Hall–Kier alpha value is -2.91. The van der Waals surface area contributed by atoms with Gasteiger partial charge >= 0.3 is 0 Å². The van der Waals surface area contributed by atoms with Crippen molar-refractivity contribution >= 4 is 27.5 Å².